The van der Waals surface area contributed by atoms with Crippen LogP contribution in [0.1, 0.15) is 27.2 Å². The van der Waals surface area contributed by atoms with Crippen LogP contribution in [-0.2, 0) is 9.53 Å². The predicted octanol–water partition coefficient (Wildman–Crippen LogP) is 1.53. The minimum absolute atomic E-state index is 0.122. The first-order valence-electron chi connectivity index (χ1n) is 5.26. The second-order valence-electron chi connectivity index (χ2n) is 4.81. The van der Waals surface area contributed by atoms with E-state index in [1.165, 1.54) is 0 Å². The Bertz CT molecular complexity index is 215. The molecule has 1 aliphatic heterocycles. The Morgan fingerprint density at radius 2 is 2.21 bits per heavy atom. The maximum Gasteiger partial charge on any atom is 0.248 e. The SMILES string of the molecule is COCC(=O)N1CC[C@@](C)(C(C)C)C1. The van der Waals surface area contributed by atoms with E-state index in [0.717, 1.165) is 19.5 Å². The van der Waals surface area contributed by atoms with Gasteiger partial charge in [-0.15, -0.1) is 0 Å². The lowest BCUT2D eigenvalue weighted by Gasteiger charge is -2.28. The third-order valence-corrected chi connectivity index (χ3v) is 3.52. The Labute approximate surface area is 86.4 Å². The van der Waals surface area contributed by atoms with Gasteiger partial charge in [-0.3, -0.25) is 4.79 Å². The fourth-order valence-electron chi connectivity index (χ4n) is 1.88. The molecule has 0 spiro atoms. The van der Waals surface area contributed by atoms with Gasteiger partial charge in [-0.05, 0) is 17.8 Å². The van der Waals surface area contributed by atoms with E-state index < -0.39 is 0 Å². The maximum atomic E-state index is 11.6. The number of hydrogen-bond donors (Lipinski definition) is 0. The average Bonchev–Trinajstić information content (AvgIpc) is 2.50. The molecule has 1 rings (SSSR count). The first kappa shape index (κ1) is 11.5. The van der Waals surface area contributed by atoms with Crippen molar-refractivity contribution in [3.8, 4) is 0 Å². The molecule has 1 heterocycles. The molecule has 1 saturated heterocycles. The van der Waals surface area contributed by atoms with Gasteiger partial charge in [0, 0.05) is 20.2 Å². The van der Waals surface area contributed by atoms with E-state index in [4.69, 9.17) is 4.74 Å². The van der Waals surface area contributed by atoms with Crippen molar-refractivity contribution in [3.63, 3.8) is 0 Å². The Hall–Kier alpha value is -0.570. The van der Waals surface area contributed by atoms with Crippen molar-refractivity contribution in [1.29, 1.82) is 0 Å². The van der Waals surface area contributed by atoms with E-state index in [-0.39, 0.29) is 12.5 Å². The van der Waals surface area contributed by atoms with Crippen molar-refractivity contribution in [2.75, 3.05) is 26.8 Å². The zero-order valence-corrected chi connectivity index (χ0v) is 9.67. The lowest BCUT2D eigenvalue weighted by atomic mass is 9.78. The summed E-state index contributed by atoms with van der Waals surface area (Å²) < 4.78 is 4.85. The molecule has 0 aromatic carbocycles. The number of nitrogens with zero attached hydrogens (tertiary/aromatic N) is 1. The van der Waals surface area contributed by atoms with E-state index in [9.17, 15) is 4.79 Å². The van der Waals surface area contributed by atoms with Gasteiger partial charge in [0.25, 0.3) is 0 Å². The molecule has 0 saturated carbocycles. The number of carbonyl (C=O) groups is 1. The van der Waals surface area contributed by atoms with Crippen LogP contribution in [0.2, 0.25) is 0 Å². The summed E-state index contributed by atoms with van der Waals surface area (Å²) in [5, 5.41) is 0. The van der Waals surface area contributed by atoms with Crippen LogP contribution in [0.15, 0.2) is 0 Å². The normalized spacial score (nSPS) is 27.4. The molecule has 3 nitrogen and oxygen atoms in total. The summed E-state index contributed by atoms with van der Waals surface area (Å²) in [6.07, 6.45) is 1.11. The topological polar surface area (TPSA) is 29.5 Å². The second kappa shape index (κ2) is 4.30. The van der Waals surface area contributed by atoms with Crippen molar-refractivity contribution >= 4 is 5.91 Å². The van der Waals surface area contributed by atoms with Gasteiger partial charge in [0.1, 0.15) is 6.61 Å². The summed E-state index contributed by atoms with van der Waals surface area (Å²) in [5.74, 6) is 0.750. The maximum absolute atomic E-state index is 11.6. The van der Waals surface area contributed by atoms with Crippen LogP contribution in [-0.4, -0.2) is 37.6 Å². The monoisotopic (exact) mass is 199 g/mol. The lowest BCUT2D eigenvalue weighted by Crippen LogP contribution is -2.35. The number of ether oxygens (including phenoxy) is 1. The van der Waals surface area contributed by atoms with Crippen LogP contribution in [0.4, 0.5) is 0 Å². The van der Waals surface area contributed by atoms with Crippen LogP contribution in [0.5, 0.6) is 0 Å². The lowest BCUT2D eigenvalue weighted by molar-refractivity contribution is -0.134. The number of amides is 1. The van der Waals surface area contributed by atoms with Gasteiger partial charge in [-0.2, -0.15) is 0 Å². The van der Waals surface area contributed by atoms with Crippen molar-refractivity contribution in [1.82, 2.24) is 4.90 Å². The van der Waals surface area contributed by atoms with Crippen LogP contribution in [0.3, 0.4) is 0 Å². The van der Waals surface area contributed by atoms with Crippen LogP contribution in [0.25, 0.3) is 0 Å². The summed E-state index contributed by atoms with van der Waals surface area (Å²) in [5.41, 5.74) is 0.295. The van der Waals surface area contributed by atoms with Gasteiger partial charge >= 0.3 is 0 Å². The third-order valence-electron chi connectivity index (χ3n) is 3.52. The minimum Gasteiger partial charge on any atom is -0.375 e. The second-order valence-corrected chi connectivity index (χ2v) is 4.81. The van der Waals surface area contributed by atoms with Crippen LogP contribution in [0, 0.1) is 11.3 Å². The van der Waals surface area contributed by atoms with Crippen LogP contribution >= 0.6 is 0 Å². The summed E-state index contributed by atoms with van der Waals surface area (Å²) >= 11 is 0. The molecule has 1 aliphatic rings. The standard InChI is InChI=1S/C11H21NO2/c1-9(2)11(3)5-6-12(8-11)10(13)7-14-4/h9H,5-8H2,1-4H3/t11-/m1/s1. The van der Waals surface area contributed by atoms with Gasteiger partial charge in [0.05, 0.1) is 0 Å². The van der Waals surface area contributed by atoms with E-state index in [1.807, 2.05) is 4.90 Å². The predicted molar refractivity (Wildman–Crippen MR) is 56.0 cm³/mol. The Balaban J connectivity index is 2.52. The van der Waals surface area contributed by atoms with E-state index >= 15 is 0 Å². The van der Waals surface area contributed by atoms with Crippen molar-refractivity contribution in [2.24, 2.45) is 11.3 Å². The molecule has 0 aromatic rings. The zero-order chi connectivity index (χ0) is 10.8. The molecule has 1 amide bonds. The number of hydrogen-bond acceptors (Lipinski definition) is 2. The fourth-order valence-corrected chi connectivity index (χ4v) is 1.88. The van der Waals surface area contributed by atoms with E-state index in [1.54, 1.807) is 7.11 Å². The smallest absolute Gasteiger partial charge is 0.248 e. The molecule has 14 heavy (non-hydrogen) atoms. The van der Waals surface area contributed by atoms with Crippen molar-refractivity contribution in [2.45, 2.75) is 27.2 Å². The summed E-state index contributed by atoms with van der Waals surface area (Å²) in [6, 6.07) is 0. The molecule has 1 fully saturated rings. The van der Waals surface area contributed by atoms with Gasteiger partial charge < -0.3 is 9.64 Å². The molecular weight excluding hydrogens is 178 g/mol. The van der Waals surface area contributed by atoms with Gasteiger partial charge in [0.15, 0.2) is 0 Å². The third kappa shape index (κ3) is 2.27. The minimum atomic E-state index is 0.122. The summed E-state index contributed by atoms with van der Waals surface area (Å²) in [6.45, 7) is 8.70. The van der Waals surface area contributed by atoms with Gasteiger partial charge in [-0.1, -0.05) is 20.8 Å². The highest BCUT2D eigenvalue weighted by Crippen LogP contribution is 2.36. The van der Waals surface area contributed by atoms with Gasteiger partial charge in [0.2, 0.25) is 5.91 Å². The zero-order valence-electron chi connectivity index (χ0n) is 9.67. The number of likely N-dealkylation sites (tertiary alicyclic amines) is 1. The Kier molecular flexibility index (Phi) is 3.53. The quantitative estimate of drug-likeness (QED) is 0.690. The molecule has 0 unspecified atom stereocenters. The highest BCUT2D eigenvalue weighted by Gasteiger charge is 2.37. The van der Waals surface area contributed by atoms with Gasteiger partial charge in [-0.25, -0.2) is 0 Å². The van der Waals surface area contributed by atoms with E-state index in [2.05, 4.69) is 20.8 Å². The Morgan fingerprint density at radius 3 is 2.64 bits per heavy atom. The van der Waals surface area contributed by atoms with Crippen molar-refractivity contribution in [3.05, 3.63) is 0 Å². The van der Waals surface area contributed by atoms with E-state index in [0.29, 0.717) is 11.3 Å². The first-order valence-corrected chi connectivity index (χ1v) is 5.26. The molecule has 1 atom stereocenters. The largest absolute Gasteiger partial charge is 0.375 e. The molecule has 3 heteroatoms. The molecule has 0 bridgehead atoms. The molecule has 0 radical (unpaired) electrons. The Morgan fingerprint density at radius 1 is 1.57 bits per heavy atom. The highest BCUT2D eigenvalue weighted by atomic mass is 16.5. The number of methoxy groups -OCH3 is 1. The fraction of sp³-hybridized carbons (Fsp3) is 0.909. The van der Waals surface area contributed by atoms with Crippen LogP contribution < -0.4 is 0 Å². The highest BCUT2D eigenvalue weighted by molar-refractivity contribution is 5.77. The molecule has 0 aromatic heterocycles. The average molecular weight is 199 g/mol. The summed E-state index contributed by atoms with van der Waals surface area (Å²) in [4.78, 5) is 13.5. The molecule has 0 aliphatic carbocycles. The summed E-state index contributed by atoms with van der Waals surface area (Å²) in [7, 11) is 1.57. The molecule has 82 valence electrons. The number of carbonyl (C=O) groups excluding carboxylic acids is 1. The molecule has 0 N–H and O–H groups in total. The number of rotatable bonds is 3. The van der Waals surface area contributed by atoms with Crippen molar-refractivity contribution < 1.29 is 9.53 Å². The molecular formula is C11H21NO2. The first-order chi connectivity index (χ1) is 6.49.